The lowest BCUT2D eigenvalue weighted by Crippen LogP contribution is -2.35. The maximum atomic E-state index is 13.1. The van der Waals surface area contributed by atoms with Gasteiger partial charge in [0.2, 0.25) is 5.91 Å². The summed E-state index contributed by atoms with van der Waals surface area (Å²) in [5, 5.41) is 7.50. The third-order valence-electron chi connectivity index (χ3n) is 4.94. The van der Waals surface area contributed by atoms with Crippen molar-refractivity contribution in [2.24, 2.45) is 0 Å². The van der Waals surface area contributed by atoms with Crippen molar-refractivity contribution in [2.45, 2.75) is 39.2 Å². The molecule has 1 amide bonds. The number of anilines is 2. The number of alkyl halides is 2. The number of nitrogens with zero attached hydrogens (tertiary/aromatic N) is 4. The molecule has 0 atom stereocenters. The van der Waals surface area contributed by atoms with E-state index in [-0.39, 0.29) is 11.6 Å². The Kier molecular flexibility index (Phi) is 3.89. The van der Waals surface area contributed by atoms with Crippen LogP contribution in [0.5, 0.6) is 0 Å². The van der Waals surface area contributed by atoms with Gasteiger partial charge in [0.25, 0.3) is 6.43 Å². The second-order valence-electron chi connectivity index (χ2n) is 6.49. The molecule has 4 heterocycles. The van der Waals surface area contributed by atoms with E-state index in [9.17, 15) is 13.6 Å². The van der Waals surface area contributed by atoms with Crippen LogP contribution >= 0.6 is 0 Å². The van der Waals surface area contributed by atoms with Gasteiger partial charge >= 0.3 is 0 Å². The lowest BCUT2D eigenvalue weighted by Gasteiger charge is -2.32. The number of fused-ring (bicyclic) bond motifs is 2. The molecule has 1 N–H and O–H groups in total. The average Bonchev–Trinajstić information content (AvgIpc) is 3.03. The van der Waals surface area contributed by atoms with Gasteiger partial charge < -0.3 is 9.80 Å². The van der Waals surface area contributed by atoms with Gasteiger partial charge in [-0.15, -0.1) is 0 Å². The number of hydrogen-bond donors (Lipinski definition) is 1. The second kappa shape index (κ2) is 6.09. The highest BCUT2D eigenvalue weighted by atomic mass is 19.3. The summed E-state index contributed by atoms with van der Waals surface area (Å²) in [5.41, 5.74) is 3.46. The van der Waals surface area contributed by atoms with Crippen molar-refractivity contribution in [3.63, 3.8) is 0 Å². The Morgan fingerprint density at radius 1 is 1.32 bits per heavy atom. The number of nitrogens with one attached hydrogen (secondary N) is 1. The minimum Gasteiger partial charge on any atom is -0.338 e. The summed E-state index contributed by atoms with van der Waals surface area (Å²) in [6, 6.07) is 1.46. The summed E-state index contributed by atoms with van der Waals surface area (Å²) >= 11 is 0. The fraction of sp³-hybridized carbons (Fsp3) is 0.471. The lowest BCUT2D eigenvalue weighted by molar-refractivity contribution is -0.129. The van der Waals surface area contributed by atoms with Crippen LogP contribution in [-0.4, -0.2) is 39.1 Å². The van der Waals surface area contributed by atoms with Crippen LogP contribution in [0.2, 0.25) is 0 Å². The van der Waals surface area contributed by atoms with E-state index in [1.54, 1.807) is 18.0 Å². The number of aromatic amines is 1. The number of rotatable bonds is 2. The number of hydrogen-bond acceptors (Lipinski definition) is 4. The Morgan fingerprint density at radius 3 is 2.92 bits per heavy atom. The summed E-state index contributed by atoms with van der Waals surface area (Å²) in [6.07, 6.45) is 1.39. The molecule has 25 heavy (non-hydrogen) atoms. The molecule has 2 aromatic heterocycles. The summed E-state index contributed by atoms with van der Waals surface area (Å²) in [4.78, 5) is 19.4. The monoisotopic (exact) mass is 347 g/mol. The Morgan fingerprint density at radius 2 is 2.16 bits per heavy atom. The molecule has 0 aliphatic carbocycles. The summed E-state index contributed by atoms with van der Waals surface area (Å²) in [6.45, 7) is 3.42. The Hall–Kier alpha value is -2.51. The Bertz CT molecular complexity index is 819. The smallest absolute Gasteiger partial charge is 0.280 e. The van der Waals surface area contributed by atoms with E-state index in [0.29, 0.717) is 19.6 Å². The molecular weight excluding hydrogens is 328 g/mol. The third-order valence-corrected chi connectivity index (χ3v) is 4.94. The third kappa shape index (κ3) is 2.75. The molecule has 0 spiro atoms. The largest absolute Gasteiger partial charge is 0.338 e. The molecule has 0 fully saturated rings. The molecule has 0 saturated carbocycles. The minimum atomic E-state index is -2.60. The molecule has 2 aliphatic rings. The molecule has 0 aromatic carbocycles. The number of halogens is 2. The summed E-state index contributed by atoms with van der Waals surface area (Å²) in [5.74, 6) is 0.759. The van der Waals surface area contributed by atoms with Crippen LogP contribution in [0.25, 0.3) is 0 Å². The van der Waals surface area contributed by atoms with Gasteiger partial charge in [-0.2, -0.15) is 5.10 Å². The standard InChI is InChI=1S/C17H19F2N5O/c1-10(25)23-6-4-13-12(9-23)17(22-21-13)24-5-2-3-11-8-20-14(16(18)19)7-15(11)24/h7-8,16H,2-6,9H2,1H3,(H,21,22). The van der Waals surface area contributed by atoms with Crippen molar-refractivity contribution in [3.05, 3.63) is 34.8 Å². The van der Waals surface area contributed by atoms with Crippen LogP contribution in [0.3, 0.4) is 0 Å². The van der Waals surface area contributed by atoms with Crippen LogP contribution < -0.4 is 4.90 Å². The zero-order valence-corrected chi connectivity index (χ0v) is 13.9. The van der Waals surface area contributed by atoms with Crippen molar-refractivity contribution in [2.75, 3.05) is 18.0 Å². The fourth-order valence-corrected chi connectivity index (χ4v) is 3.59. The normalized spacial score (nSPS) is 16.8. The molecule has 0 saturated heterocycles. The molecule has 132 valence electrons. The molecule has 2 aromatic rings. The van der Waals surface area contributed by atoms with E-state index >= 15 is 0 Å². The Labute approximate surface area is 143 Å². The molecule has 2 aliphatic heterocycles. The first-order valence-electron chi connectivity index (χ1n) is 8.40. The predicted molar refractivity (Wildman–Crippen MR) is 87.9 cm³/mol. The van der Waals surface area contributed by atoms with Crippen molar-refractivity contribution in [1.82, 2.24) is 20.1 Å². The molecule has 8 heteroatoms. The highest BCUT2D eigenvalue weighted by molar-refractivity contribution is 5.75. The molecule has 4 rings (SSSR count). The molecule has 0 radical (unpaired) electrons. The Balaban J connectivity index is 1.74. The van der Waals surface area contributed by atoms with E-state index in [1.165, 1.54) is 6.07 Å². The van der Waals surface area contributed by atoms with Gasteiger partial charge in [0.05, 0.1) is 6.54 Å². The zero-order chi connectivity index (χ0) is 17.6. The second-order valence-corrected chi connectivity index (χ2v) is 6.49. The number of carbonyl (C=O) groups is 1. The van der Waals surface area contributed by atoms with E-state index in [2.05, 4.69) is 15.2 Å². The van der Waals surface area contributed by atoms with E-state index < -0.39 is 6.43 Å². The van der Waals surface area contributed by atoms with Crippen LogP contribution in [-0.2, 0) is 24.2 Å². The first-order valence-corrected chi connectivity index (χ1v) is 8.40. The fourth-order valence-electron chi connectivity index (χ4n) is 3.59. The van der Waals surface area contributed by atoms with Gasteiger partial charge in [-0.3, -0.25) is 14.9 Å². The maximum absolute atomic E-state index is 13.1. The molecular formula is C17H19F2N5O. The van der Waals surface area contributed by atoms with Crippen LogP contribution in [0, 0.1) is 0 Å². The maximum Gasteiger partial charge on any atom is 0.280 e. The molecule has 0 bridgehead atoms. The lowest BCUT2D eigenvalue weighted by atomic mass is 10.0. The van der Waals surface area contributed by atoms with Gasteiger partial charge in [-0.25, -0.2) is 8.78 Å². The van der Waals surface area contributed by atoms with Crippen molar-refractivity contribution >= 4 is 17.4 Å². The van der Waals surface area contributed by atoms with Crippen molar-refractivity contribution in [1.29, 1.82) is 0 Å². The first kappa shape index (κ1) is 16.0. The number of amides is 1. The number of carbonyl (C=O) groups excluding carboxylic acids is 1. The minimum absolute atomic E-state index is 0.0287. The van der Waals surface area contributed by atoms with E-state index in [1.807, 2.05) is 4.90 Å². The average molecular weight is 347 g/mol. The van der Waals surface area contributed by atoms with Crippen LogP contribution in [0.15, 0.2) is 12.3 Å². The number of H-pyrrole nitrogens is 1. The number of pyridine rings is 1. The van der Waals surface area contributed by atoms with E-state index in [0.717, 1.165) is 47.6 Å². The number of aromatic nitrogens is 3. The molecule has 0 unspecified atom stereocenters. The van der Waals surface area contributed by atoms with Gasteiger partial charge in [0.1, 0.15) is 5.69 Å². The van der Waals surface area contributed by atoms with Gasteiger partial charge in [0, 0.05) is 49.6 Å². The summed E-state index contributed by atoms with van der Waals surface area (Å²) in [7, 11) is 0. The van der Waals surface area contributed by atoms with Gasteiger partial charge in [-0.1, -0.05) is 0 Å². The SMILES string of the molecule is CC(=O)N1CCc2[nH]nc(N3CCCc4cnc(C(F)F)cc43)c2C1. The first-order chi connectivity index (χ1) is 12.0. The van der Waals surface area contributed by atoms with Gasteiger partial charge in [-0.05, 0) is 24.5 Å². The summed E-state index contributed by atoms with van der Waals surface area (Å²) < 4.78 is 26.1. The highest BCUT2D eigenvalue weighted by Crippen LogP contribution is 2.37. The predicted octanol–water partition coefficient (Wildman–Crippen LogP) is 2.73. The molecule has 6 nitrogen and oxygen atoms in total. The topological polar surface area (TPSA) is 65.1 Å². The highest BCUT2D eigenvalue weighted by Gasteiger charge is 2.29. The van der Waals surface area contributed by atoms with Crippen molar-refractivity contribution in [3.8, 4) is 0 Å². The quantitative estimate of drug-likeness (QED) is 0.907. The number of aryl methyl sites for hydroxylation is 1. The van der Waals surface area contributed by atoms with Crippen molar-refractivity contribution < 1.29 is 13.6 Å². The zero-order valence-electron chi connectivity index (χ0n) is 13.9. The van der Waals surface area contributed by atoms with E-state index in [4.69, 9.17) is 0 Å². The van der Waals surface area contributed by atoms with Crippen LogP contribution in [0.4, 0.5) is 20.3 Å². The van der Waals surface area contributed by atoms with Crippen LogP contribution in [0.1, 0.15) is 42.3 Å². The van der Waals surface area contributed by atoms with Gasteiger partial charge in [0.15, 0.2) is 5.82 Å².